The van der Waals surface area contributed by atoms with Crippen molar-refractivity contribution in [1.29, 1.82) is 0 Å². The second-order valence-corrected chi connectivity index (χ2v) is 14.1. The Morgan fingerprint density at radius 3 is 1.71 bits per heavy atom. The predicted molar refractivity (Wildman–Crippen MR) is 216 cm³/mol. The van der Waals surface area contributed by atoms with Crippen molar-refractivity contribution < 1.29 is 0 Å². The molecule has 11 rings (SSSR count). The van der Waals surface area contributed by atoms with Gasteiger partial charge in [-0.25, -0.2) is 19.9 Å². The zero-order chi connectivity index (χ0) is 34.2. The molecule has 4 aromatic heterocycles. The molecule has 0 radical (unpaired) electrons. The fourth-order valence-electron chi connectivity index (χ4n) is 7.72. The van der Waals surface area contributed by atoms with Crippen molar-refractivity contribution in [2.75, 3.05) is 0 Å². The molecule has 11 aromatic rings. The van der Waals surface area contributed by atoms with E-state index in [9.17, 15) is 0 Å². The summed E-state index contributed by atoms with van der Waals surface area (Å²) in [5.41, 5.74) is 8.27. The topological polar surface area (TPSA) is 56.5 Å². The van der Waals surface area contributed by atoms with E-state index in [0.29, 0.717) is 11.6 Å². The number of benzene rings is 7. The first-order chi connectivity index (χ1) is 25.8. The molecule has 0 atom stereocenters. The highest BCUT2D eigenvalue weighted by molar-refractivity contribution is 7.26. The second-order valence-electron chi connectivity index (χ2n) is 13.1. The summed E-state index contributed by atoms with van der Waals surface area (Å²) in [6, 6.07) is 53.5. The maximum Gasteiger partial charge on any atom is 0.198 e. The molecule has 0 saturated carbocycles. The minimum Gasteiger partial charge on any atom is -0.306 e. The molecule has 52 heavy (non-hydrogen) atoms. The minimum atomic E-state index is 0.484. The Labute approximate surface area is 302 Å². The molecule has 7 aromatic carbocycles. The largest absolute Gasteiger partial charge is 0.306 e. The summed E-state index contributed by atoms with van der Waals surface area (Å²) in [5, 5.41) is 8.45. The Morgan fingerprint density at radius 1 is 0.462 bits per heavy atom. The van der Waals surface area contributed by atoms with Crippen LogP contribution in [0.15, 0.2) is 164 Å². The van der Waals surface area contributed by atoms with Crippen LogP contribution in [-0.2, 0) is 0 Å². The van der Waals surface area contributed by atoms with Crippen molar-refractivity contribution in [3.63, 3.8) is 0 Å². The van der Waals surface area contributed by atoms with Crippen LogP contribution in [0.3, 0.4) is 0 Å². The van der Waals surface area contributed by atoms with Crippen LogP contribution in [0.2, 0.25) is 0 Å². The number of rotatable bonds is 4. The first-order valence-corrected chi connectivity index (χ1v) is 18.1. The van der Waals surface area contributed by atoms with Crippen molar-refractivity contribution in [1.82, 2.24) is 24.5 Å². The summed E-state index contributed by atoms with van der Waals surface area (Å²) < 4.78 is 4.50. The summed E-state index contributed by atoms with van der Waals surface area (Å²) in [4.78, 5) is 20.2. The van der Waals surface area contributed by atoms with E-state index in [1.54, 1.807) is 11.3 Å². The molecule has 0 bridgehead atoms. The summed E-state index contributed by atoms with van der Waals surface area (Å²) >= 11 is 1.73. The lowest BCUT2D eigenvalue weighted by molar-refractivity contribution is 1.05. The number of hydrogen-bond acceptors (Lipinski definition) is 5. The smallest absolute Gasteiger partial charge is 0.198 e. The summed E-state index contributed by atoms with van der Waals surface area (Å²) in [6.45, 7) is 0. The van der Waals surface area contributed by atoms with Gasteiger partial charge in [0.15, 0.2) is 11.6 Å². The van der Waals surface area contributed by atoms with E-state index in [2.05, 4.69) is 132 Å². The average Bonchev–Trinajstić information content (AvgIpc) is 3.77. The van der Waals surface area contributed by atoms with Crippen molar-refractivity contribution in [2.24, 2.45) is 0 Å². The van der Waals surface area contributed by atoms with Gasteiger partial charge < -0.3 is 4.57 Å². The van der Waals surface area contributed by atoms with Gasteiger partial charge in [-0.1, -0.05) is 127 Å². The van der Waals surface area contributed by atoms with Crippen LogP contribution < -0.4 is 0 Å². The van der Waals surface area contributed by atoms with Gasteiger partial charge in [0.05, 0.1) is 45.0 Å². The van der Waals surface area contributed by atoms with Crippen LogP contribution in [0, 0.1) is 0 Å². The van der Waals surface area contributed by atoms with Crippen LogP contribution in [0.25, 0.3) is 103 Å². The van der Waals surface area contributed by atoms with Gasteiger partial charge in [0.2, 0.25) is 0 Å². The van der Waals surface area contributed by atoms with E-state index in [4.69, 9.17) is 19.9 Å². The van der Waals surface area contributed by atoms with Crippen molar-refractivity contribution in [3.8, 4) is 39.7 Å². The molecule has 5 nitrogen and oxygen atoms in total. The van der Waals surface area contributed by atoms with E-state index < -0.39 is 0 Å². The fraction of sp³-hybridized carbons (Fsp3) is 0. The molecule has 4 heterocycles. The zero-order valence-corrected chi connectivity index (χ0v) is 28.5. The molecule has 0 unspecified atom stereocenters. The molecule has 0 saturated heterocycles. The Bertz CT molecular complexity index is 3070. The Kier molecular flexibility index (Phi) is 6.35. The SMILES string of the molecule is c1ccc(-c2ccc3sc4c(-c5ccccc5)nc(-c5ncc(-n6c7ccc8ccccc8c7c7c8ccccc8ccc76)cn5)nc4c3c2)cc1. The van der Waals surface area contributed by atoms with Crippen LogP contribution in [0.1, 0.15) is 0 Å². The van der Waals surface area contributed by atoms with Crippen LogP contribution >= 0.6 is 11.3 Å². The lowest BCUT2D eigenvalue weighted by Gasteiger charge is -2.09. The van der Waals surface area contributed by atoms with Gasteiger partial charge in [0, 0.05) is 26.4 Å². The molecule has 242 valence electrons. The molecule has 0 aliphatic heterocycles. The maximum atomic E-state index is 5.18. The van der Waals surface area contributed by atoms with Crippen LogP contribution in [0.5, 0.6) is 0 Å². The summed E-state index contributed by atoms with van der Waals surface area (Å²) in [7, 11) is 0. The first kappa shape index (κ1) is 29.0. The predicted octanol–water partition coefficient (Wildman–Crippen LogP) is 12.0. The quantitative estimate of drug-likeness (QED) is 0.185. The summed E-state index contributed by atoms with van der Waals surface area (Å²) in [6.07, 6.45) is 3.81. The average molecular weight is 682 g/mol. The van der Waals surface area contributed by atoms with Crippen LogP contribution in [0.4, 0.5) is 0 Å². The zero-order valence-electron chi connectivity index (χ0n) is 27.7. The lowest BCUT2D eigenvalue weighted by atomic mass is 10.00. The third-order valence-electron chi connectivity index (χ3n) is 10.1. The molecule has 0 N–H and O–H groups in total. The first-order valence-electron chi connectivity index (χ1n) is 17.3. The normalized spacial score (nSPS) is 11.8. The van der Waals surface area contributed by atoms with Crippen molar-refractivity contribution >= 4 is 75.0 Å². The van der Waals surface area contributed by atoms with Gasteiger partial charge in [-0.05, 0) is 56.9 Å². The van der Waals surface area contributed by atoms with Gasteiger partial charge in [0.25, 0.3) is 0 Å². The van der Waals surface area contributed by atoms with Gasteiger partial charge in [-0.2, -0.15) is 0 Å². The number of thiophene rings is 1. The molecule has 0 spiro atoms. The number of aromatic nitrogens is 5. The van der Waals surface area contributed by atoms with E-state index in [1.165, 1.54) is 42.6 Å². The van der Waals surface area contributed by atoms with Gasteiger partial charge in [-0.3, -0.25) is 0 Å². The maximum absolute atomic E-state index is 5.18. The molecular weight excluding hydrogens is 655 g/mol. The van der Waals surface area contributed by atoms with E-state index >= 15 is 0 Å². The molecule has 0 amide bonds. The summed E-state index contributed by atoms with van der Waals surface area (Å²) in [5.74, 6) is 0.986. The highest BCUT2D eigenvalue weighted by atomic mass is 32.1. The highest BCUT2D eigenvalue weighted by Gasteiger charge is 2.20. The third-order valence-corrected chi connectivity index (χ3v) is 11.3. The fourth-order valence-corrected chi connectivity index (χ4v) is 8.86. The number of nitrogens with zero attached hydrogens (tertiary/aromatic N) is 5. The molecule has 0 fully saturated rings. The Hall–Kier alpha value is -6.76. The van der Waals surface area contributed by atoms with Gasteiger partial charge in [-0.15, -0.1) is 11.3 Å². The van der Waals surface area contributed by atoms with Crippen molar-refractivity contribution in [3.05, 3.63) is 164 Å². The molecular formula is C46H27N5S. The van der Waals surface area contributed by atoms with E-state index in [0.717, 1.165) is 49.1 Å². The van der Waals surface area contributed by atoms with E-state index in [1.807, 2.05) is 36.7 Å². The lowest BCUT2D eigenvalue weighted by Crippen LogP contribution is -2.01. The second kappa shape index (κ2) is 11.4. The monoisotopic (exact) mass is 681 g/mol. The van der Waals surface area contributed by atoms with E-state index in [-0.39, 0.29) is 0 Å². The Morgan fingerprint density at radius 2 is 1.06 bits per heavy atom. The van der Waals surface area contributed by atoms with Gasteiger partial charge >= 0.3 is 0 Å². The number of fused-ring (bicyclic) bond motifs is 10. The highest BCUT2D eigenvalue weighted by Crippen LogP contribution is 2.42. The molecule has 0 aliphatic rings. The van der Waals surface area contributed by atoms with Crippen LogP contribution in [-0.4, -0.2) is 24.5 Å². The van der Waals surface area contributed by atoms with Gasteiger partial charge in [0.1, 0.15) is 0 Å². The third kappa shape index (κ3) is 4.41. The number of hydrogen-bond donors (Lipinski definition) is 0. The van der Waals surface area contributed by atoms with Crippen molar-refractivity contribution in [2.45, 2.75) is 0 Å². The molecule has 6 heteroatoms. The standard InChI is InChI=1S/C46H27N5S/c1-3-11-28(12-4-1)32-21-24-39-36(25-32)43-44(52-39)42(31-15-5-2-6-16-31)49-46(50-43)45-47-26-33(27-48-45)51-37-22-19-29-13-7-9-17-34(29)40(37)41-35-18-10-8-14-30(35)20-23-38(41)51/h1-27H. The minimum absolute atomic E-state index is 0.484. The molecule has 0 aliphatic carbocycles. The Balaban J connectivity index is 1.12.